The first-order chi connectivity index (χ1) is 5.86. The van der Waals surface area contributed by atoms with Gasteiger partial charge in [-0.15, -0.1) is 0 Å². The second-order valence-corrected chi connectivity index (χ2v) is 1.91. The molecule has 0 bridgehead atoms. The normalized spacial score (nSPS) is 8.33. The van der Waals surface area contributed by atoms with Crippen LogP contribution in [0.2, 0.25) is 0 Å². The highest BCUT2D eigenvalue weighted by Crippen LogP contribution is 2.04. The quantitative estimate of drug-likeness (QED) is 0.729. The fourth-order valence-corrected chi connectivity index (χ4v) is 0.652. The fourth-order valence-electron chi connectivity index (χ4n) is 0.652. The van der Waals surface area contributed by atoms with Crippen LogP contribution in [-0.2, 0) is 6.54 Å². The Bertz CT molecular complexity index is 173. The molecule has 0 atom stereocenters. The molecule has 12 heavy (non-hydrogen) atoms. The molecule has 0 saturated heterocycles. The second-order valence-electron chi connectivity index (χ2n) is 1.91. The van der Waals surface area contributed by atoms with Crippen LogP contribution < -0.4 is 10.5 Å². The first-order valence-electron chi connectivity index (χ1n) is 4.06. The van der Waals surface area contributed by atoms with Crippen LogP contribution in [0.4, 0.5) is 0 Å². The molecule has 0 fully saturated rings. The summed E-state index contributed by atoms with van der Waals surface area (Å²) in [5.41, 5.74) is 6.38. The lowest BCUT2D eigenvalue weighted by molar-refractivity contribution is 0.397. The predicted molar refractivity (Wildman–Crippen MR) is 50.0 cm³/mol. The van der Waals surface area contributed by atoms with Gasteiger partial charge in [0.05, 0.1) is 7.11 Å². The Morgan fingerprint density at radius 1 is 1.42 bits per heavy atom. The van der Waals surface area contributed by atoms with Crippen molar-refractivity contribution < 1.29 is 4.74 Å². The summed E-state index contributed by atoms with van der Waals surface area (Å²) in [6, 6.07) is 3.69. The Morgan fingerprint density at radius 2 is 2.08 bits per heavy atom. The van der Waals surface area contributed by atoms with Crippen molar-refractivity contribution in [2.75, 3.05) is 7.11 Å². The van der Waals surface area contributed by atoms with Gasteiger partial charge >= 0.3 is 0 Å². The van der Waals surface area contributed by atoms with Gasteiger partial charge in [-0.25, -0.2) is 4.98 Å². The van der Waals surface area contributed by atoms with Crippen LogP contribution in [0.5, 0.6) is 5.88 Å². The fraction of sp³-hybridized carbons (Fsp3) is 0.444. The van der Waals surface area contributed by atoms with Crippen LogP contribution in [0, 0.1) is 0 Å². The Morgan fingerprint density at radius 3 is 2.42 bits per heavy atom. The number of hydrogen-bond acceptors (Lipinski definition) is 3. The van der Waals surface area contributed by atoms with Gasteiger partial charge < -0.3 is 10.5 Å². The van der Waals surface area contributed by atoms with Gasteiger partial charge in [0.25, 0.3) is 0 Å². The van der Waals surface area contributed by atoms with Crippen LogP contribution in [-0.4, -0.2) is 12.1 Å². The third kappa shape index (κ3) is 3.34. The Kier molecular flexibility index (Phi) is 6.01. The molecule has 68 valence electrons. The predicted octanol–water partition coefficient (Wildman–Crippen LogP) is 1.58. The van der Waals surface area contributed by atoms with Crippen molar-refractivity contribution in [1.82, 2.24) is 4.98 Å². The van der Waals surface area contributed by atoms with E-state index in [0.29, 0.717) is 12.4 Å². The SMILES string of the molecule is CC.COc1ccc(CN)cn1. The zero-order chi connectivity index (χ0) is 9.40. The summed E-state index contributed by atoms with van der Waals surface area (Å²) in [5.74, 6) is 0.622. The number of methoxy groups -OCH3 is 1. The molecule has 0 saturated carbocycles. The maximum atomic E-state index is 5.36. The smallest absolute Gasteiger partial charge is 0.212 e. The van der Waals surface area contributed by atoms with E-state index >= 15 is 0 Å². The van der Waals surface area contributed by atoms with E-state index in [2.05, 4.69) is 4.98 Å². The maximum absolute atomic E-state index is 5.36. The number of hydrogen-bond donors (Lipinski definition) is 1. The summed E-state index contributed by atoms with van der Waals surface area (Å²) in [4.78, 5) is 3.97. The molecule has 0 aliphatic carbocycles. The molecule has 0 amide bonds. The van der Waals surface area contributed by atoms with Crippen molar-refractivity contribution in [2.45, 2.75) is 20.4 Å². The molecule has 2 N–H and O–H groups in total. The van der Waals surface area contributed by atoms with Crippen LogP contribution in [0.1, 0.15) is 19.4 Å². The number of nitrogens with zero attached hydrogens (tertiary/aromatic N) is 1. The average Bonchev–Trinajstić information content (AvgIpc) is 2.21. The molecule has 0 unspecified atom stereocenters. The summed E-state index contributed by atoms with van der Waals surface area (Å²) >= 11 is 0. The molecule has 3 heteroatoms. The second kappa shape index (κ2) is 6.61. The summed E-state index contributed by atoms with van der Waals surface area (Å²) in [6.07, 6.45) is 1.71. The summed E-state index contributed by atoms with van der Waals surface area (Å²) in [5, 5.41) is 0. The molecule has 1 aromatic heterocycles. The minimum Gasteiger partial charge on any atom is -0.481 e. The topological polar surface area (TPSA) is 48.1 Å². The average molecular weight is 168 g/mol. The van der Waals surface area contributed by atoms with E-state index in [9.17, 15) is 0 Å². The van der Waals surface area contributed by atoms with Crippen molar-refractivity contribution in [3.8, 4) is 5.88 Å². The van der Waals surface area contributed by atoms with Crippen molar-refractivity contribution in [3.05, 3.63) is 23.9 Å². The highest BCUT2D eigenvalue weighted by atomic mass is 16.5. The van der Waals surface area contributed by atoms with E-state index in [-0.39, 0.29) is 0 Å². The number of rotatable bonds is 2. The number of aromatic nitrogens is 1. The summed E-state index contributed by atoms with van der Waals surface area (Å²) in [6.45, 7) is 4.52. The van der Waals surface area contributed by atoms with Crippen molar-refractivity contribution >= 4 is 0 Å². The Hall–Kier alpha value is -1.09. The van der Waals surface area contributed by atoms with Crippen LogP contribution in [0.25, 0.3) is 0 Å². The van der Waals surface area contributed by atoms with Gasteiger partial charge in [-0.1, -0.05) is 19.9 Å². The summed E-state index contributed by atoms with van der Waals surface area (Å²) in [7, 11) is 1.59. The Labute approximate surface area is 73.6 Å². The molecule has 0 spiro atoms. The van der Waals surface area contributed by atoms with Crippen molar-refractivity contribution in [2.24, 2.45) is 5.73 Å². The molecule has 0 aromatic carbocycles. The molecule has 0 aliphatic heterocycles. The van der Waals surface area contributed by atoms with Crippen molar-refractivity contribution in [3.63, 3.8) is 0 Å². The third-order valence-electron chi connectivity index (χ3n) is 1.24. The van der Waals surface area contributed by atoms with E-state index in [4.69, 9.17) is 10.5 Å². The van der Waals surface area contributed by atoms with Crippen molar-refractivity contribution in [1.29, 1.82) is 0 Å². The zero-order valence-electron chi connectivity index (χ0n) is 7.87. The highest BCUT2D eigenvalue weighted by Gasteiger charge is 1.90. The van der Waals surface area contributed by atoms with Gasteiger partial charge in [-0.2, -0.15) is 0 Å². The minimum absolute atomic E-state index is 0.525. The third-order valence-corrected chi connectivity index (χ3v) is 1.24. The zero-order valence-corrected chi connectivity index (χ0v) is 7.87. The minimum atomic E-state index is 0.525. The molecule has 1 aromatic rings. The summed E-state index contributed by atoms with van der Waals surface area (Å²) < 4.78 is 4.86. The number of pyridine rings is 1. The van der Waals surface area contributed by atoms with E-state index < -0.39 is 0 Å². The number of ether oxygens (including phenoxy) is 1. The molecule has 0 aliphatic rings. The largest absolute Gasteiger partial charge is 0.481 e. The van der Waals surface area contributed by atoms with Gasteiger partial charge in [0, 0.05) is 18.8 Å². The van der Waals surface area contributed by atoms with Crippen LogP contribution in [0.15, 0.2) is 18.3 Å². The molecule has 1 heterocycles. The maximum Gasteiger partial charge on any atom is 0.212 e. The monoisotopic (exact) mass is 168 g/mol. The van der Waals surface area contributed by atoms with Crippen LogP contribution >= 0.6 is 0 Å². The van der Waals surface area contributed by atoms with Gasteiger partial charge in [-0.3, -0.25) is 0 Å². The first kappa shape index (κ1) is 10.9. The molecule has 3 nitrogen and oxygen atoms in total. The molecular weight excluding hydrogens is 152 g/mol. The standard InChI is InChI=1S/C7H10N2O.C2H6/c1-10-7-3-2-6(4-8)5-9-7;1-2/h2-3,5H,4,8H2,1H3;1-2H3. The molecular formula is C9H16N2O. The highest BCUT2D eigenvalue weighted by molar-refractivity contribution is 5.17. The van der Waals surface area contributed by atoms with Gasteiger partial charge in [-0.05, 0) is 5.56 Å². The Balaban J connectivity index is 0.000000561. The lowest BCUT2D eigenvalue weighted by Crippen LogP contribution is -1.97. The lowest BCUT2D eigenvalue weighted by atomic mass is 10.3. The molecule has 0 radical (unpaired) electrons. The molecule has 1 rings (SSSR count). The van der Waals surface area contributed by atoms with Gasteiger partial charge in [0.15, 0.2) is 0 Å². The number of nitrogens with two attached hydrogens (primary N) is 1. The van der Waals surface area contributed by atoms with E-state index in [0.717, 1.165) is 5.56 Å². The first-order valence-corrected chi connectivity index (χ1v) is 4.06. The van der Waals surface area contributed by atoms with E-state index in [1.807, 2.05) is 19.9 Å². The van der Waals surface area contributed by atoms with E-state index in [1.165, 1.54) is 0 Å². The van der Waals surface area contributed by atoms with Gasteiger partial charge in [0.1, 0.15) is 0 Å². The lowest BCUT2D eigenvalue weighted by Gasteiger charge is -1.98. The van der Waals surface area contributed by atoms with Crippen LogP contribution in [0.3, 0.4) is 0 Å². The van der Waals surface area contributed by atoms with E-state index in [1.54, 1.807) is 19.4 Å². The van der Waals surface area contributed by atoms with Gasteiger partial charge in [0.2, 0.25) is 5.88 Å².